The van der Waals surface area contributed by atoms with Crippen LogP contribution in [0, 0.1) is 0 Å². The van der Waals surface area contributed by atoms with Crippen LogP contribution in [0.4, 0.5) is 13.2 Å². The molecule has 0 bridgehead atoms. The number of methoxy groups -OCH3 is 1. The first-order valence-corrected chi connectivity index (χ1v) is 9.05. The Morgan fingerprint density at radius 2 is 1.96 bits per heavy atom. The average Bonchev–Trinajstić information content (AvgIpc) is 3.05. The molecule has 0 aliphatic carbocycles. The lowest BCUT2D eigenvalue weighted by Crippen LogP contribution is -2.49. The number of fused-ring (bicyclic) bond motifs is 1. The molecule has 150 valence electrons. The second-order valence-corrected chi connectivity index (χ2v) is 6.94. The molecule has 2 aromatic rings. The lowest BCUT2D eigenvalue weighted by atomic mass is 9.94. The van der Waals surface area contributed by atoms with E-state index < -0.39 is 29.9 Å². The zero-order valence-corrected chi connectivity index (χ0v) is 15.5. The largest absolute Gasteiger partial charge is 0.467 e. The van der Waals surface area contributed by atoms with Gasteiger partial charge in [0.15, 0.2) is 0 Å². The average molecular weight is 415 g/mol. The van der Waals surface area contributed by atoms with Crippen LogP contribution in [-0.4, -0.2) is 50.6 Å². The number of nitrogen functional groups attached to an aromatic ring is 1. The molecule has 2 N–H and O–H groups in total. The molecule has 12 heteroatoms. The van der Waals surface area contributed by atoms with Gasteiger partial charge in [0.1, 0.15) is 6.04 Å². The van der Waals surface area contributed by atoms with E-state index in [9.17, 15) is 22.8 Å². The molecule has 3 rings (SSSR count). The number of halogens is 3. The number of nitrogens with zero attached hydrogens (tertiary/aromatic N) is 4. The van der Waals surface area contributed by atoms with E-state index in [1.165, 1.54) is 12.0 Å². The van der Waals surface area contributed by atoms with E-state index >= 15 is 0 Å². The van der Waals surface area contributed by atoms with Crippen molar-refractivity contribution in [2.24, 2.45) is 0 Å². The van der Waals surface area contributed by atoms with Crippen molar-refractivity contribution in [1.29, 1.82) is 0 Å². The topological polar surface area (TPSA) is 103 Å². The second-order valence-electron chi connectivity index (χ2n) is 6.00. The fourth-order valence-corrected chi connectivity index (χ4v) is 3.65. The van der Waals surface area contributed by atoms with E-state index in [0.29, 0.717) is 22.9 Å². The van der Waals surface area contributed by atoms with Crippen LogP contribution in [0.5, 0.6) is 0 Å². The summed E-state index contributed by atoms with van der Waals surface area (Å²) < 4.78 is 43.3. The molecule has 8 nitrogen and oxygen atoms in total. The number of hydrogen-bond acceptors (Lipinski definition) is 7. The Kier molecular flexibility index (Phi) is 5.49. The van der Waals surface area contributed by atoms with Gasteiger partial charge >= 0.3 is 12.1 Å². The Morgan fingerprint density at radius 3 is 2.57 bits per heavy atom. The van der Waals surface area contributed by atoms with Gasteiger partial charge in [0, 0.05) is 13.0 Å². The summed E-state index contributed by atoms with van der Waals surface area (Å²) in [4.78, 5) is 26.2. The molecule has 2 heterocycles. The molecule has 0 unspecified atom stereocenters. The van der Waals surface area contributed by atoms with Crippen LogP contribution in [0.15, 0.2) is 29.4 Å². The van der Waals surface area contributed by atoms with Gasteiger partial charge in [-0.15, -0.1) is 10.2 Å². The van der Waals surface area contributed by atoms with E-state index in [1.54, 1.807) is 0 Å². The van der Waals surface area contributed by atoms with E-state index in [-0.39, 0.29) is 17.5 Å². The summed E-state index contributed by atoms with van der Waals surface area (Å²) in [5.74, 6) is 2.73. The van der Waals surface area contributed by atoms with Gasteiger partial charge in [-0.25, -0.2) is 9.47 Å². The molecule has 0 saturated carbocycles. The van der Waals surface area contributed by atoms with Gasteiger partial charge in [-0.05, 0) is 11.1 Å². The highest BCUT2D eigenvalue weighted by atomic mass is 32.2. The smallest absolute Gasteiger partial charge is 0.453 e. The maximum atomic E-state index is 12.7. The van der Waals surface area contributed by atoms with Crippen LogP contribution >= 0.6 is 11.8 Å². The summed E-state index contributed by atoms with van der Waals surface area (Å²) in [6.07, 6.45) is -4.46. The fourth-order valence-electron chi connectivity index (χ4n) is 2.91. The number of esters is 1. The molecule has 1 aliphatic heterocycles. The third-order valence-corrected chi connectivity index (χ3v) is 5.21. The molecular formula is C16H16F3N5O3S. The zero-order valence-electron chi connectivity index (χ0n) is 14.6. The first kappa shape index (κ1) is 20.0. The van der Waals surface area contributed by atoms with Gasteiger partial charge < -0.3 is 15.5 Å². The van der Waals surface area contributed by atoms with E-state index in [1.807, 2.05) is 24.3 Å². The number of carbonyl (C=O) groups excluding carboxylic acids is 2. The number of carbonyl (C=O) groups is 2. The minimum absolute atomic E-state index is 0.193. The Bertz CT molecular complexity index is 902. The molecule has 0 saturated heterocycles. The number of amides is 1. The van der Waals surface area contributed by atoms with Crippen molar-refractivity contribution in [2.45, 2.75) is 30.3 Å². The lowest BCUT2D eigenvalue weighted by molar-refractivity contribution is -0.153. The van der Waals surface area contributed by atoms with E-state index in [2.05, 4.69) is 10.2 Å². The lowest BCUT2D eigenvalue weighted by Gasteiger charge is -2.35. The standard InChI is InChI=1S/C16H16F3N5O3S/c1-27-13(26)11-6-9-4-2-3-5-10(9)7-23(11)12(25)8-28-15-22-21-14(24(15)20)16(17,18)19/h2-5,11H,6-8,20H2,1H3/t11-/m1/s1. The molecule has 0 radical (unpaired) electrons. The van der Waals surface area contributed by atoms with Crippen LogP contribution in [0.25, 0.3) is 0 Å². The minimum atomic E-state index is -4.75. The number of ether oxygens (including phenoxy) is 1. The Labute approximate surface area is 161 Å². The Morgan fingerprint density at radius 1 is 1.29 bits per heavy atom. The van der Waals surface area contributed by atoms with Crippen LogP contribution in [0.1, 0.15) is 17.0 Å². The summed E-state index contributed by atoms with van der Waals surface area (Å²) >= 11 is 0.709. The van der Waals surface area contributed by atoms with Crippen LogP contribution in [-0.2, 0) is 33.5 Å². The van der Waals surface area contributed by atoms with Crippen molar-refractivity contribution >= 4 is 23.6 Å². The normalized spacial score (nSPS) is 16.6. The van der Waals surface area contributed by atoms with Crippen LogP contribution in [0.3, 0.4) is 0 Å². The first-order chi connectivity index (χ1) is 13.2. The Hall–Kier alpha value is -2.76. The van der Waals surface area contributed by atoms with Crippen molar-refractivity contribution in [2.75, 3.05) is 18.7 Å². The van der Waals surface area contributed by atoms with Crippen LogP contribution in [0.2, 0.25) is 0 Å². The predicted molar refractivity (Wildman–Crippen MR) is 92.4 cm³/mol. The molecule has 1 aromatic heterocycles. The van der Waals surface area contributed by atoms with Crippen molar-refractivity contribution in [3.05, 3.63) is 41.2 Å². The quantitative estimate of drug-likeness (QED) is 0.455. The van der Waals surface area contributed by atoms with Crippen molar-refractivity contribution in [1.82, 2.24) is 19.8 Å². The van der Waals surface area contributed by atoms with Gasteiger partial charge in [-0.3, -0.25) is 4.79 Å². The van der Waals surface area contributed by atoms with Crippen molar-refractivity contribution in [3.8, 4) is 0 Å². The maximum absolute atomic E-state index is 12.7. The van der Waals surface area contributed by atoms with Gasteiger partial charge in [0.05, 0.1) is 12.9 Å². The third kappa shape index (κ3) is 3.91. The van der Waals surface area contributed by atoms with E-state index in [0.717, 1.165) is 11.1 Å². The number of rotatable bonds is 4. The highest BCUT2D eigenvalue weighted by Gasteiger charge is 2.39. The number of thioether (sulfide) groups is 1. The molecule has 1 amide bonds. The van der Waals surface area contributed by atoms with Gasteiger partial charge in [-0.1, -0.05) is 36.0 Å². The molecule has 28 heavy (non-hydrogen) atoms. The maximum Gasteiger partial charge on any atom is 0.453 e. The Balaban J connectivity index is 1.75. The molecule has 0 fully saturated rings. The number of aromatic nitrogens is 3. The SMILES string of the molecule is COC(=O)[C@H]1Cc2ccccc2CN1C(=O)CSc1nnc(C(F)(F)F)n1N. The summed E-state index contributed by atoms with van der Waals surface area (Å²) in [5, 5.41) is 6.12. The monoisotopic (exact) mass is 415 g/mol. The summed E-state index contributed by atoms with van der Waals surface area (Å²) in [5.41, 5.74) is 1.83. The highest BCUT2D eigenvalue weighted by Crippen LogP contribution is 2.30. The predicted octanol–water partition coefficient (Wildman–Crippen LogP) is 1.23. The highest BCUT2D eigenvalue weighted by molar-refractivity contribution is 7.99. The van der Waals surface area contributed by atoms with Crippen molar-refractivity contribution in [3.63, 3.8) is 0 Å². The molecule has 0 spiro atoms. The number of benzene rings is 1. The van der Waals surface area contributed by atoms with E-state index in [4.69, 9.17) is 10.6 Å². The van der Waals surface area contributed by atoms with Gasteiger partial charge in [0.2, 0.25) is 11.1 Å². The van der Waals surface area contributed by atoms with Gasteiger partial charge in [0.25, 0.3) is 5.82 Å². The molecular weight excluding hydrogens is 399 g/mol. The number of hydrogen-bond donors (Lipinski definition) is 1. The fraction of sp³-hybridized carbons (Fsp3) is 0.375. The van der Waals surface area contributed by atoms with Crippen molar-refractivity contribution < 1.29 is 27.5 Å². The molecule has 1 aromatic carbocycles. The number of alkyl halides is 3. The third-order valence-electron chi connectivity index (χ3n) is 4.28. The minimum Gasteiger partial charge on any atom is -0.467 e. The molecule has 1 atom stereocenters. The van der Waals surface area contributed by atoms with Crippen LogP contribution < -0.4 is 5.84 Å². The molecule has 1 aliphatic rings. The second kappa shape index (κ2) is 7.70. The summed E-state index contributed by atoms with van der Waals surface area (Å²) in [7, 11) is 1.23. The summed E-state index contributed by atoms with van der Waals surface area (Å²) in [6, 6.07) is 6.58. The van der Waals surface area contributed by atoms with Gasteiger partial charge in [-0.2, -0.15) is 13.2 Å². The zero-order chi connectivity index (χ0) is 20.5. The first-order valence-electron chi connectivity index (χ1n) is 8.07. The summed E-state index contributed by atoms with van der Waals surface area (Å²) in [6.45, 7) is 0.193. The number of nitrogens with two attached hydrogens (primary N) is 1.